The standard InChI is InChI=1S/C19H21NO2/c1-20(15-22-2)19(21)14-13-18(16-9-5-3-6-10-16)17-11-7-4-8-12-17/h3-13H,14-15H2,1-2H3. The van der Waals surface area contributed by atoms with Crippen LogP contribution in [0.15, 0.2) is 66.7 Å². The molecule has 1 amide bonds. The Kier molecular flexibility index (Phi) is 5.92. The van der Waals surface area contributed by atoms with Crippen LogP contribution in [-0.4, -0.2) is 31.7 Å². The summed E-state index contributed by atoms with van der Waals surface area (Å²) in [5, 5.41) is 0. The highest BCUT2D eigenvalue weighted by Gasteiger charge is 2.09. The Bertz CT molecular complexity index is 579. The van der Waals surface area contributed by atoms with Crippen molar-refractivity contribution in [1.82, 2.24) is 4.90 Å². The number of nitrogens with zero attached hydrogens (tertiary/aromatic N) is 1. The Balaban J connectivity index is 2.26. The summed E-state index contributed by atoms with van der Waals surface area (Å²) in [5.74, 6) is 0.0335. The lowest BCUT2D eigenvalue weighted by Crippen LogP contribution is -2.27. The van der Waals surface area contributed by atoms with E-state index in [9.17, 15) is 4.79 Å². The van der Waals surface area contributed by atoms with Crippen LogP contribution < -0.4 is 0 Å². The second-order valence-electron chi connectivity index (χ2n) is 5.06. The Morgan fingerprint density at radius 1 is 1.00 bits per heavy atom. The van der Waals surface area contributed by atoms with Crippen LogP contribution in [0.3, 0.4) is 0 Å². The van der Waals surface area contributed by atoms with Gasteiger partial charge >= 0.3 is 0 Å². The summed E-state index contributed by atoms with van der Waals surface area (Å²) in [6.07, 6.45) is 2.33. The van der Waals surface area contributed by atoms with Crippen molar-refractivity contribution >= 4 is 11.5 Å². The second kappa shape index (κ2) is 8.15. The minimum Gasteiger partial charge on any atom is -0.364 e. The van der Waals surface area contributed by atoms with E-state index >= 15 is 0 Å². The molecule has 0 spiro atoms. The summed E-state index contributed by atoms with van der Waals surface area (Å²) in [5.41, 5.74) is 3.28. The summed E-state index contributed by atoms with van der Waals surface area (Å²) < 4.78 is 4.99. The molecule has 0 N–H and O–H groups in total. The van der Waals surface area contributed by atoms with Gasteiger partial charge in [0.1, 0.15) is 6.73 Å². The van der Waals surface area contributed by atoms with Crippen LogP contribution in [0.4, 0.5) is 0 Å². The van der Waals surface area contributed by atoms with Crippen LogP contribution in [0.2, 0.25) is 0 Å². The molecular formula is C19H21NO2. The first kappa shape index (κ1) is 16.0. The molecular weight excluding hydrogens is 274 g/mol. The first-order chi connectivity index (χ1) is 10.7. The molecule has 0 unspecified atom stereocenters. The Morgan fingerprint density at radius 3 is 1.95 bits per heavy atom. The molecule has 0 saturated carbocycles. The fraction of sp³-hybridized carbons (Fsp3) is 0.211. The van der Waals surface area contributed by atoms with Crippen LogP contribution in [-0.2, 0) is 9.53 Å². The molecule has 0 aromatic heterocycles. The third-order valence-corrected chi connectivity index (χ3v) is 3.40. The number of carbonyl (C=O) groups excluding carboxylic acids is 1. The summed E-state index contributed by atoms with van der Waals surface area (Å²) >= 11 is 0. The largest absolute Gasteiger partial charge is 0.364 e. The van der Waals surface area contributed by atoms with E-state index in [0.717, 1.165) is 16.7 Å². The number of amides is 1. The van der Waals surface area contributed by atoms with E-state index in [2.05, 4.69) is 24.3 Å². The van der Waals surface area contributed by atoms with Crippen molar-refractivity contribution in [2.75, 3.05) is 20.9 Å². The van der Waals surface area contributed by atoms with Crippen LogP contribution in [0.1, 0.15) is 17.5 Å². The number of carbonyl (C=O) groups is 1. The highest BCUT2D eigenvalue weighted by molar-refractivity contribution is 5.84. The van der Waals surface area contributed by atoms with Gasteiger partial charge < -0.3 is 9.64 Å². The predicted molar refractivity (Wildman–Crippen MR) is 89.2 cm³/mol. The molecule has 0 fully saturated rings. The molecule has 2 aromatic rings. The fourth-order valence-electron chi connectivity index (χ4n) is 2.25. The lowest BCUT2D eigenvalue weighted by Gasteiger charge is -2.15. The maximum atomic E-state index is 12.1. The molecule has 0 radical (unpaired) electrons. The highest BCUT2D eigenvalue weighted by atomic mass is 16.5. The van der Waals surface area contributed by atoms with Crippen LogP contribution >= 0.6 is 0 Å². The molecule has 3 nitrogen and oxygen atoms in total. The SMILES string of the molecule is COCN(C)C(=O)CC=C(c1ccccc1)c1ccccc1. The second-order valence-corrected chi connectivity index (χ2v) is 5.06. The van der Waals surface area contributed by atoms with Crippen molar-refractivity contribution in [3.8, 4) is 0 Å². The first-order valence-corrected chi connectivity index (χ1v) is 7.26. The number of hydrogen-bond acceptors (Lipinski definition) is 2. The van der Waals surface area contributed by atoms with Crippen LogP contribution in [0.25, 0.3) is 5.57 Å². The average molecular weight is 295 g/mol. The molecule has 0 saturated heterocycles. The number of ether oxygens (including phenoxy) is 1. The monoisotopic (exact) mass is 295 g/mol. The fourth-order valence-corrected chi connectivity index (χ4v) is 2.25. The van der Waals surface area contributed by atoms with E-state index in [0.29, 0.717) is 13.2 Å². The third kappa shape index (κ3) is 4.30. The molecule has 2 rings (SSSR count). The number of benzene rings is 2. The van der Waals surface area contributed by atoms with E-state index in [1.165, 1.54) is 0 Å². The van der Waals surface area contributed by atoms with Gasteiger partial charge in [0.15, 0.2) is 0 Å². The van der Waals surface area contributed by atoms with E-state index in [-0.39, 0.29) is 5.91 Å². The Morgan fingerprint density at radius 2 is 1.50 bits per heavy atom. The van der Waals surface area contributed by atoms with Gasteiger partial charge in [0.2, 0.25) is 5.91 Å². The van der Waals surface area contributed by atoms with Crippen LogP contribution in [0.5, 0.6) is 0 Å². The molecule has 114 valence electrons. The van der Waals surface area contributed by atoms with Crippen molar-refractivity contribution in [3.63, 3.8) is 0 Å². The van der Waals surface area contributed by atoms with Gasteiger partial charge in [-0.2, -0.15) is 0 Å². The molecule has 0 heterocycles. The quantitative estimate of drug-likeness (QED) is 0.762. The van der Waals surface area contributed by atoms with Gasteiger partial charge in [0.25, 0.3) is 0 Å². The predicted octanol–water partition coefficient (Wildman–Crippen LogP) is 3.57. The zero-order chi connectivity index (χ0) is 15.8. The zero-order valence-corrected chi connectivity index (χ0v) is 13.0. The van der Waals surface area contributed by atoms with Gasteiger partial charge in [-0.1, -0.05) is 66.7 Å². The summed E-state index contributed by atoms with van der Waals surface area (Å²) in [4.78, 5) is 13.7. The lowest BCUT2D eigenvalue weighted by molar-refractivity contribution is -0.133. The van der Waals surface area contributed by atoms with Gasteiger partial charge in [0, 0.05) is 20.6 Å². The maximum Gasteiger partial charge on any atom is 0.227 e. The van der Waals surface area contributed by atoms with Gasteiger partial charge in [-0.15, -0.1) is 0 Å². The third-order valence-electron chi connectivity index (χ3n) is 3.40. The minimum atomic E-state index is 0.0335. The average Bonchev–Trinajstić information content (AvgIpc) is 2.57. The van der Waals surface area contributed by atoms with Crippen LogP contribution in [0, 0.1) is 0 Å². The number of methoxy groups -OCH3 is 1. The van der Waals surface area contributed by atoms with Crippen molar-refractivity contribution in [1.29, 1.82) is 0 Å². The van der Waals surface area contributed by atoms with Gasteiger partial charge in [-0.05, 0) is 16.7 Å². The molecule has 0 aliphatic rings. The summed E-state index contributed by atoms with van der Waals surface area (Å²) in [6.45, 7) is 0.304. The van der Waals surface area contributed by atoms with Gasteiger partial charge in [-0.3, -0.25) is 4.79 Å². The van der Waals surface area contributed by atoms with Crippen molar-refractivity contribution in [3.05, 3.63) is 77.9 Å². The number of rotatable bonds is 6. The minimum absolute atomic E-state index is 0.0335. The van der Waals surface area contributed by atoms with E-state index in [1.54, 1.807) is 19.1 Å². The Labute approximate surface area is 131 Å². The normalized spacial score (nSPS) is 10.1. The van der Waals surface area contributed by atoms with E-state index in [4.69, 9.17) is 4.74 Å². The maximum absolute atomic E-state index is 12.1. The summed E-state index contributed by atoms with van der Waals surface area (Å²) in [6, 6.07) is 20.2. The summed E-state index contributed by atoms with van der Waals surface area (Å²) in [7, 11) is 3.32. The van der Waals surface area contributed by atoms with Crippen molar-refractivity contribution in [2.45, 2.75) is 6.42 Å². The number of hydrogen-bond donors (Lipinski definition) is 0. The topological polar surface area (TPSA) is 29.5 Å². The molecule has 2 aromatic carbocycles. The van der Waals surface area contributed by atoms with E-state index in [1.807, 2.05) is 42.5 Å². The van der Waals surface area contributed by atoms with Gasteiger partial charge in [-0.25, -0.2) is 0 Å². The first-order valence-electron chi connectivity index (χ1n) is 7.26. The van der Waals surface area contributed by atoms with Crippen molar-refractivity contribution in [2.24, 2.45) is 0 Å². The molecule has 0 aliphatic heterocycles. The Hall–Kier alpha value is -2.39. The molecule has 0 atom stereocenters. The highest BCUT2D eigenvalue weighted by Crippen LogP contribution is 2.23. The molecule has 22 heavy (non-hydrogen) atoms. The molecule has 0 aliphatic carbocycles. The molecule has 0 bridgehead atoms. The lowest BCUT2D eigenvalue weighted by atomic mass is 9.97. The smallest absolute Gasteiger partial charge is 0.227 e. The van der Waals surface area contributed by atoms with Gasteiger partial charge in [0.05, 0.1) is 0 Å². The molecule has 3 heteroatoms. The zero-order valence-electron chi connectivity index (χ0n) is 13.0. The van der Waals surface area contributed by atoms with Crippen molar-refractivity contribution < 1.29 is 9.53 Å². The van der Waals surface area contributed by atoms with E-state index < -0.39 is 0 Å².